The third-order valence-electron chi connectivity index (χ3n) is 4.01. The summed E-state index contributed by atoms with van der Waals surface area (Å²) in [6, 6.07) is 11.4. The predicted octanol–water partition coefficient (Wildman–Crippen LogP) is 3.99. The van der Waals surface area contributed by atoms with E-state index in [2.05, 4.69) is 10.3 Å². The van der Waals surface area contributed by atoms with Crippen molar-refractivity contribution in [1.29, 1.82) is 0 Å². The Kier molecular flexibility index (Phi) is 5.86. The normalized spacial score (nSPS) is 12.1. The van der Waals surface area contributed by atoms with Crippen molar-refractivity contribution < 1.29 is 17.9 Å². The molecule has 3 aromatic rings. The number of nitrogens with one attached hydrogen (secondary N) is 1. The number of carbonyl (C=O) groups is 1. The van der Waals surface area contributed by atoms with E-state index in [4.69, 9.17) is 16.3 Å². The number of alkyl carbamates (subject to hydrolysis) is 1. The molecule has 2 heterocycles. The van der Waals surface area contributed by atoms with E-state index in [-0.39, 0.29) is 23.5 Å². The van der Waals surface area contributed by atoms with Crippen molar-refractivity contribution in [2.45, 2.75) is 37.7 Å². The highest BCUT2D eigenvalue weighted by atomic mass is 35.5. The summed E-state index contributed by atoms with van der Waals surface area (Å²) in [4.78, 5) is 16.3. The number of hydrogen-bond donors (Lipinski definition) is 1. The largest absolute Gasteiger partial charge is 0.444 e. The van der Waals surface area contributed by atoms with Gasteiger partial charge in [-0.2, -0.15) is 0 Å². The molecule has 0 radical (unpaired) electrons. The maximum atomic E-state index is 13.3. The van der Waals surface area contributed by atoms with E-state index in [1.54, 1.807) is 51.1 Å². The molecule has 29 heavy (non-hydrogen) atoms. The summed E-state index contributed by atoms with van der Waals surface area (Å²) in [7, 11) is -3.90. The quantitative estimate of drug-likeness (QED) is 0.654. The minimum absolute atomic E-state index is 0.139. The highest BCUT2D eigenvalue weighted by Gasteiger charge is 2.25. The number of nitrogens with zero attached hydrogens (tertiary/aromatic N) is 2. The Morgan fingerprint density at radius 2 is 1.90 bits per heavy atom. The molecular weight excluding hydrogens is 414 g/mol. The van der Waals surface area contributed by atoms with Gasteiger partial charge in [0.2, 0.25) is 0 Å². The molecule has 0 aliphatic rings. The molecule has 2 aromatic heterocycles. The molecule has 7 nitrogen and oxygen atoms in total. The molecule has 1 amide bonds. The lowest BCUT2D eigenvalue weighted by molar-refractivity contribution is 0.0528. The van der Waals surface area contributed by atoms with E-state index in [0.29, 0.717) is 16.1 Å². The van der Waals surface area contributed by atoms with Gasteiger partial charge >= 0.3 is 6.09 Å². The molecule has 0 bridgehead atoms. The van der Waals surface area contributed by atoms with Crippen LogP contribution in [-0.4, -0.2) is 35.6 Å². The van der Waals surface area contributed by atoms with Gasteiger partial charge in [0, 0.05) is 30.2 Å². The average molecular weight is 436 g/mol. The summed E-state index contributed by atoms with van der Waals surface area (Å²) in [5, 5.41) is 3.57. The standard InChI is InChI=1S/C20H22ClN3O4S/c1-20(2,3)28-19(25)23-11-9-14-13-16-17(21)10-12-22-18(16)24(14)29(26,27)15-7-5-4-6-8-15/h4-8,10,12-13H,9,11H2,1-3H3,(H,23,25). The van der Waals surface area contributed by atoms with Crippen LogP contribution in [0, 0.1) is 0 Å². The van der Waals surface area contributed by atoms with E-state index < -0.39 is 21.7 Å². The summed E-state index contributed by atoms with van der Waals surface area (Å²) in [6.07, 6.45) is 1.14. The minimum Gasteiger partial charge on any atom is -0.444 e. The second-order valence-corrected chi connectivity index (χ2v) is 9.62. The van der Waals surface area contributed by atoms with E-state index in [1.165, 1.54) is 22.3 Å². The molecule has 0 aliphatic heterocycles. The Morgan fingerprint density at radius 1 is 1.21 bits per heavy atom. The number of benzene rings is 1. The van der Waals surface area contributed by atoms with E-state index in [0.717, 1.165) is 0 Å². The Bertz CT molecular complexity index is 1140. The van der Waals surface area contributed by atoms with Crippen LogP contribution in [0.3, 0.4) is 0 Å². The zero-order valence-corrected chi connectivity index (χ0v) is 17.9. The number of hydrogen-bond acceptors (Lipinski definition) is 5. The Labute approximate surface area is 174 Å². The van der Waals surface area contributed by atoms with Crippen LogP contribution in [0.25, 0.3) is 11.0 Å². The van der Waals surface area contributed by atoms with Crippen LogP contribution in [0.2, 0.25) is 5.02 Å². The number of rotatable bonds is 5. The van der Waals surface area contributed by atoms with Crippen LogP contribution < -0.4 is 5.32 Å². The molecule has 0 saturated heterocycles. The molecule has 0 atom stereocenters. The van der Waals surface area contributed by atoms with Crippen LogP contribution in [0.4, 0.5) is 4.79 Å². The summed E-state index contributed by atoms with van der Waals surface area (Å²) < 4.78 is 33.0. The monoisotopic (exact) mass is 435 g/mol. The van der Waals surface area contributed by atoms with Gasteiger partial charge in [-0.3, -0.25) is 0 Å². The number of pyridine rings is 1. The lowest BCUT2D eigenvalue weighted by atomic mass is 10.2. The molecule has 0 spiro atoms. The van der Waals surface area contributed by atoms with Crippen LogP contribution in [-0.2, 0) is 21.2 Å². The van der Waals surface area contributed by atoms with Crippen LogP contribution in [0.5, 0.6) is 0 Å². The topological polar surface area (TPSA) is 90.3 Å². The van der Waals surface area contributed by atoms with Gasteiger partial charge < -0.3 is 10.1 Å². The first-order valence-electron chi connectivity index (χ1n) is 9.02. The lowest BCUT2D eigenvalue weighted by Crippen LogP contribution is -2.33. The molecule has 0 fully saturated rings. The summed E-state index contributed by atoms with van der Waals surface area (Å²) in [5.41, 5.74) is 0.0849. The van der Waals surface area contributed by atoms with Gasteiger partial charge in [-0.25, -0.2) is 22.2 Å². The molecular formula is C20H22ClN3O4S. The van der Waals surface area contributed by atoms with Gasteiger partial charge in [0.15, 0.2) is 5.65 Å². The van der Waals surface area contributed by atoms with Crippen molar-refractivity contribution in [2.75, 3.05) is 6.54 Å². The number of amides is 1. The van der Waals surface area contributed by atoms with E-state index in [9.17, 15) is 13.2 Å². The third-order valence-corrected chi connectivity index (χ3v) is 6.10. The van der Waals surface area contributed by atoms with Crippen LogP contribution in [0.15, 0.2) is 53.6 Å². The van der Waals surface area contributed by atoms with Gasteiger partial charge in [0.05, 0.1) is 9.92 Å². The van der Waals surface area contributed by atoms with Crippen LogP contribution >= 0.6 is 11.6 Å². The fraction of sp³-hybridized carbons (Fsp3) is 0.300. The highest BCUT2D eigenvalue weighted by molar-refractivity contribution is 7.90. The molecule has 0 aliphatic carbocycles. The zero-order chi connectivity index (χ0) is 21.2. The summed E-state index contributed by atoms with van der Waals surface area (Å²) in [6.45, 7) is 5.49. The molecule has 9 heteroatoms. The second kappa shape index (κ2) is 8.04. The van der Waals surface area contributed by atoms with Crippen molar-refractivity contribution in [3.8, 4) is 0 Å². The minimum atomic E-state index is -3.90. The van der Waals surface area contributed by atoms with Gasteiger partial charge in [-0.15, -0.1) is 0 Å². The predicted molar refractivity (Wildman–Crippen MR) is 112 cm³/mol. The molecule has 0 saturated carbocycles. The maximum absolute atomic E-state index is 13.3. The number of carbonyl (C=O) groups excluding carboxylic acids is 1. The van der Waals surface area contributed by atoms with Crippen LogP contribution in [0.1, 0.15) is 26.5 Å². The molecule has 1 N–H and O–H groups in total. The van der Waals surface area contributed by atoms with Crippen molar-refractivity contribution in [2.24, 2.45) is 0 Å². The Hall–Kier alpha value is -2.58. The van der Waals surface area contributed by atoms with Gasteiger partial charge in [-0.1, -0.05) is 29.8 Å². The van der Waals surface area contributed by atoms with E-state index in [1.807, 2.05) is 0 Å². The molecule has 0 unspecified atom stereocenters. The van der Waals surface area contributed by atoms with Gasteiger partial charge in [0.1, 0.15) is 5.60 Å². The van der Waals surface area contributed by atoms with Gasteiger partial charge in [0.25, 0.3) is 10.0 Å². The Morgan fingerprint density at radius 3 is 2.55 bits per heavy atom. The maximum Gasteiger partial charge on any atom is 0.407 e. The first-order valence-corrected chi connectivity index (χ1v) is 10.8. The first-order chi connectivity index (χ1) is 13.6. The summed E-state index contributed by atoms with van der Waals surface area (Å²) in [5.74, 6) is 0. The average Bonchev–Trinajstić information content (AvgIpc) is 3.01. The second-order valence-electron chi connectivity index (χ2n) is 7.43. The number of halogens is 1. The number of fused-ring (bicyclic) bond motifs is 1. The zero-order valence-electron chi connectivity index (χ0n) is 16.3. The van der Waals surface area contributed by atoms with Crippen molar-refractivity contribution in [3.05, 3.63) is 59.4 Å². The van der Waals surface area contributed by atoms with E-state index >= 15 is 0 Å². The third kappa shape index (κ3) is 4.71. The molecule has 1 aromatic carbocycles. The van der Waals surface area contributed by atoms with Crippen molar-refractivity contribution >= 4 is 38.8 Å². The fourth-order valence-corrected chi connectivity index (χ4v) is 4.58. The first kappa shape index (κ1) is 21.1. The number of ether oxygens (including phenoxy) is 1. The summed E-state index contributed by atoms with van der Waals surface area (Å²) >= 11 is 6.26. The van der Waals surface area contributed by atoms with Crippen molar-refractivity contribution in [1.82, 2.24) is 14.3 Å². The molecule has 154 valence electrons. The SMILES string of the molecule is CC(C)(C)OC(=O)NCCc1cc2c(Cl)ccnc2n1S(=O)(=O)c1ccccc1. The van der Waals surface area contributed by atoms with Crippen molar-refractivity contribution in [3.63, 3.8) is 0 Å². The number of aromatic nitrogens is 2. The lowest BCUT2D eigenvalue weighted by Gasteiger charge is -2.19. The molecule has 3 rings (SSSR count). The highest BCUT2D eigenvalue weighted by Crippen LogP contribution is 2.29. The van der Waals surface area contributed by atoms with Gasteiger partial charge in [-0.05, 0) is 45.0 Å². The fourth-order valence-electron chi connectivity index (χ4n) is 2.84. The Balaban J connectivity index is 1.97. The smallest absolute Gasteiger partial charge is 0.407 e.